The van der Waals surface area contributed by atoms with Crippen molar-refractivity contribution in [3.05, 3.63) is 86.6 Å². The van der Waals surface area contributed by atoms with Gasteiger partial charge in [0.2, 0.25) is 0 Å². The number of ketones is 1. The first kappa shape index (κ1) is 99.1. The van der Waals surface area contributed by atoms with E-state index in [1.807, 2.05) is 37.3 Å². The summed E-state index contributed by atoms with van der Waals surface area (Å²) in [7, 11) is 6.88. The number of benzene rings is 1. The van der Waals surface area contributed by atoms with Crippen LogP contribution in [0.15, 0.2) is 70.9 Å². The highest BCUT2D eigenvalue weighted by atomic mass is 35.5. The minimum atomic E-state index is -1.13. The normalized spacial score (nSPS) is 22.0. The van der Waals surface area contributed by atoms with Gasteiger partial charge in [0.25, 0.3) is 5.79 Å². The molecular weight excluding hydrogens is 1530 g/mol. The number of rotatable bonds is 14. The van der Waals surface area contributed by atoms with Gasteiger partial charge in [-0.05, 0) is 137 Å². The van der Waals surface area contributed by atoms with Gasteiger partial charge in [-0.15, -0.1) is 0 Å². The van der Waals surface area contributed by atoms with Crippen LogP contribution in [0.5, 0.6) is 0 Å². The third kappa shape index (κ3) is 43.0. The minimum absolute atomic E-state index is 0.0198. The van der Waals surface area contributed by atoms with Crippen LogP contribution in [-0.4, -0.2) is 260 Å². The van der Waals surface area contributed by atoms with Gasteiger partial charge >= 0.3 is 53.7 Å². The Labute approximate surface area is 680 Å². The first-order valence-electron chi connectivity index (χ1n) is 39.6. The second-order valence-electron chi connectivity index (χ2n) is 27.7. The van der Waals surface area contributed by atoms with Crippen LogP contribution >= 0.6 is 11.6 Å². The van der Waals surface area contributed by atoms with E-state index in [-0.39, 0.29) is 78.8 Å². The number of hydrogen-bond acceptors (Lipinski definition) is 31. The fourth-order valence-corrected chi connectivity index (χ4v) is 12.8. The number of carbonyl (C=O) groups excluding carboxylic acids is 9. The van der Waals surface area contributed by atoms with Crippen LogP contribution in [0.1, 0.15) is 161 Å². The molecule has 33 nitrogen and oxygen atoms in total. The molecule has 0 N–H and O–H groups in total. The van der Waals surface area contributed by atoms with E-state index >= 15 is 0 Å². The molecule has 9 aliphatic rings. The molecular formula is C81H122ClN5O28. The number of pyridine rings is 1. The van der Waals surface area contributed by atoms with Crippen LogP contribution in [-0.2, 0) is 125 Å². The molecule has 8 saturated heterocycles. The van der Waals surface area contributed by atoms with Gasteiger partial charge in [0, 0.05) is 136 Å². The maximum atomic E-state index is 12.3. The molecule has 115 heavy (non-hydrogen) atoms. The number of anilines is 1. The summed E-state index contributed by atoms with van der Waals surface area (Å²) in [6, 6.07) is 10.4. The van der Waals surface area contributed by atoms with Crippen LogP contribution in [0.3, 0.4) is 0 Å². The number of ether oxygens (including phenoxy) is 17. The highest BCUT2D eigenvalue weighted by Gasteiger charge is 2.47. The molecule has 0 spiro atoms. The van der Waals surface area contributed by atoms with Crippen LogP contribution in [0.25, 0.3) is 0 Å². The molecule has 646 valence electrons. The van der Waals surface area contributed by atoms with Gasteiger partial charge in [0.05, 0.1) is 113 Å². The summed E-state index contributed by atoms with van der Waals surface area (Å²) in [6.45, 7) is 18.3. The number of methoxy groups -OCH3 is 5. The van der Waals surface area contributed by atoms with E-state index in [1.165, 1.54) is 47.8 Å². The van der Waals surface area contributed by atoms with E-state index in [1.54, 1.807) is 35.8 Å². The van der Waals surface area contributed by atoms with Gasteiger partial charge < -0.3 is 100 Å². The Balaban J connectivity index is 0.000000283. The maximum absolute atomic E-state index is 12.3. The van der Waals surface area contributed by atoms with Crippen molar-refractivity contribution in [1.29, 1.82) is 0 Å². The number of cyclic esters (lactones) is 2. The molecule has 10 heterocycles. The van der Waals surface area contributed by atoms with Crippen molar-refractivity contribution in [2.24, 2.45) is 22.7 Å². The van der Waals surface area contributed by atoms with Crippen molar-refractivity contribution in [2.45, 2.75) is 180 Å². The number of Topliss-reactive ketones (excluding diaryl/α,β-unsaturated/α-hetero) is 1. The second-order valence-corrected chi connectivity index (χ2v) is 28.2. The average Bonchev–Trinajstić information content (AvgIpc) is 1.61. The molecule has 1 aromatic carbocycles. The number of aromatic nitrogens is 1. The molecule has 1 aromatic heterocycles. The Morgan fingerprint density at radius 1 is 0.565 bits per heavy atom. The molecule has 0 radical (unpaired) electrons. The molecule has 0 saturated carbocycles. The SMILES string of the molecule is CC1(C)OC(=O)C(C2CCCOCC2)C(=O)O1.CCOC1=NCCOCC1.COC(=O)/C=C1\CCCOCC1.COC(=O)/C=C1\CCCOCC1.COC(=O)CC1CCCOCC1.COC(=O)CC1CCOCCN1C(=O)OCc1ccccc1.COC(=O)CC1CCOCCN1c1cc(Cl)cnc1[N+](=O)[O-].O=C1CCCOCC1. The Morgan fingerprint density at radius 2 is 1.07 bits per heavy atom. The molecule has 0 bridgehead atoms. The van der Waals surface area contributed by atoms with Crippen LogP contribution in [0.2, 0.25) is 5.02 Å². The van der Waals surface area contributed by atoms with Crippen molar-refractivity contribution in [2.75, 3.05) is 172 Å². The first-order chi connectivity index (χ1) is 55.5. The lowest BCUT2D eigenvalue weighted by molar-refractivity contribution is -0.388. The van der Waals surface area contributed by atoms with Gasteiger partial charge in [0.1, 0.15) is 18.1 Å². The summed E-state index contributed by atoms with van der Waals surface area (Å²) in [4.78, 5) is 124. The van der Waals surface area contributed by atoms with Crippen molar-refractivity contribution in [3.8, 4) is 0 Å². The Hall–Kier alpha value is -8.28. The van der Waals surface area contributed by atoms with E-state index in [4.69, 9.17) is 77.9 Å². The quantitative estimate of drug-likeness (QED) is 0.0423. The number of carbonyl (C=O) groups is 9. The molecule has 9 aliphatic heterocycles. The molecule has 0 aliphatic carbocycles. The fourth-order valence-electron chi connectivity index (χ4n) is 12.7. The van der Waals surface area contributed by atoms with Gasteiger partial charge in [-0.2, -0.15) is 0 Å². The summed E-state index contributed by atoms with van der Waals surface area (Å²) in [6.07, 6.45) is 20.2. The Kier molecular flexibility index (Phi) is 51.2. The zero-order valence-electron chi connectivity index (χ0n) is 68.3. The van der Waals surface area contributed by atoms with E-state index in [9.17, 15) is 53.3 Å². The van der Waals surface area contributed by atoms with Crippen molar-refractivity contribution in [1.82, 2.24) is 9.88 Å². The molecule has 11 rings (SSSR count). The molecule has 2 aromatic rings. The summed E-state index contributed by atoms with van der Waals surface area (Å²) in [5.41, 5.74) is 3.49. The summed E-state index contributed by atoms with van der Waals surface area (Å²) in [5, 5.41) is 11.5. The smallest absolute Gasteiger partial charge is 0.410 e. The predicted octanol–water partition coefficient (Wildman–Crippen LogP) is 10.6. The number of aliphatic imine (C=N–C) groups is 1. The zero-order valence-corrected chi connectivity index (χ0v) is 69.1. The van der Waals surface area contributed by atoms with Gasteiger partial charge in [-0.3, -0.25) is 33.8 Å². The lowest BCUT2D eigenvalue weighted by atomic mass is 9.85. The number of halogens is 1. The molecule has 8 fully saturated rings. The highest BCUT2D eigenvalue weighted by molar-refractivity contribution is 6.30. The second kappa shape index (κ2) is 59.4. The molecule has 4 atom stereocenters. The third-order valence-electron chi connectivity index (χ3n) is 18.8. The fraction of sp³-hybridized carbons (Fsp3) is 0.691. The molecule has 1 amide bonds. The monoisotopic (exact) mass is 1650 g/mol. The number of amides is 1. The van der Waals surface area contributed by atoms with Crippen molar-refractivity contribution < 1.29 is 129 Å². The predicted molar refractivity (Wildman–Crippen MR) is 420 cm³/mol. The van der Waals surface area contributed by atoms with Crippen LogP contribution in [0.4, 0.5) is 16.3 Å². The average molecular weight is 1650 g/mol. The number of hydrogen-bond donors (Lipinski definition) is 0. The Bertz CT molecular complexity index is 3220. The van der Waals surface area contributed by atoms with Gasteiger partial charge in [-0.25, -0.2) is 14.4 Å². The number of nitro groups is 1. The standard InChI is InChI=1S/C16H21NO5.C13H16ClN3O5.C12H18O5.C9H16O3.2C9H14O3.C7H13NO2.C6H10O2/c1-20-15(18)11-14-7-9-21-10-8-17(14)16(19)22-12-13-5-3-2-4-6-13;1-21-12(18)7-10-2-4-22-5-3-16(10)11-6-9(14)8-15-13(11)17(19)20;1-12(2)16-10(13)9(11(14)17-12)8-4-3-6-15-7-5-8;3*1-11-9(10)7-8-3-2-5-12-6-4-8;1-2-10-7-3-5-9-6-4-8-7;7-6-2-1-4-8-5-3-6/h2-6,14H,7-12H2,1H3;6,8,10H,2-5,7H2,1H3;8-9H,3-7H2,1-2H3;8H,2-7H2,1H3;2*7H,2-6H2,1H3;2-6H2,1H3;1-5H2/b;;;;2*8-7+;;. The highest BCUT2D eigenvalue weighted by Crippen LogP contribution is 2.35. The van der Waals surface area contributed by atoms with E-state index in [0.717, 1.165) is 179 Å². The van der Waals surface area contributed by atoms with Crippen LogP contribution < -0.4 is 4.90 Å². The lowest BCUT2D eigenvalue weighted by Crippen LogP contribution is -2.48. The minimum Gasteiger partial charge on any atom is -0.481 e. The van der Waals surface area contributed by atoms with E-state index in [2.05, 4.69) is 24.2 Å². The topological polar surface area (TPSA) is 385 Å². The number of esters is 7. The summed E-state index contributed by atoms with van der Waals surface area (Å²) < 4.78 is 86.0. The van der Waals surface area contributed by atoms with Gasteiger partial charge in [0.15, 0.2) is 18.0 Å². The molecule has 34 heteroatoms. The first-order valence-corrected chi connectivity index (χ1v) is 40.0. The van der Waals surface area contributed by atoms with Crippen molar-refractivity contribution in [3.63, 3.8) is 0 Å². The lowest BCUT2D eigenvalue weighted by Gasteiger charge is -2.35. The molecule has 4 unspecified atom stereocenters. The van der Waals surface area contributed by atoms with E-state index < -0.39 is 34.7 Å². The van der Waals surface area contributed by atoms with Crippen molar-refractivity contribution >= 4 is 82.7 Å². The van der Waals surface area contributed by atoms with Gasteiger partial charge in [-0.1, -0.05) is 53.1 Å². The number of nitrogens with zero attached hydrogens (tertiary/aromatic N) is 5. The largest absolute Gasteiger partial charge is 0.481 e. The van der Waals surface area contributed by atoms with E-state index in [0.29, 0.717) is 115 Å². The maximum Gasteiger partial charge on any atom is 0.410 e. The van der Waals surface area contributed by atoms with Crippen LogP contribution in [0, 0.1) is 27.9 Å². The third-order valence-corrected chi connectivity index (χ3v) is 19.0. The zero-order chi connectivity index (χ0) is 83.9. The summed E-state index contributed by atoms with van der Waals surface area (Å²) >= 11 is 5.93. The summed E-state index contributed by atoms with van der Waals surface area (Å²) in [5.74, 6) is -2.80. The Morgan fingerprint density at radius 3 is 1.66 bits per heavy atom.